The van der Waals surface area contributed by atoms with Crippen molar-refractivity contribution in [2.24, 2.45) is 0 Å². The van der Waals surface area contributed by atoms with Gasteiger partial charge >= 0.3 is 0 Å². The van der Waals surface area contributed by atoms with E-state index in [0.717, 1.165) is 19.6 Å². The highest BCUT2D eigenvalue weighted by molar-refractivity contribution is 5.74. The summed E-state index contributed by atoms with van der Waals surface area (Å²) in [6.45, 7) is 9.83. The second-order valence-electron chi connectivity index (χ2n) is 3.96. The van der Waals surface area contributed by atoms with Crippen molar-refractivity contribution in [3.05, 3.63) is 23.3 Å². The molecule has 0 fully saturated rings. The predicted molar refractivity (Wildman–Crippen MR) is 62.3 cm³/mol. The molecular formula is C12H18N2. The number of anilines is 2. The number of rotatable bonds is 1. The highest BCUT2D eigenvalue weighted by Gasteiger charge is 2.15. The van der Waals surface area contributed by atoms with Crippen LogP contribution >= 0.6 is 0 Å². The molecular weight excluding hydrogens is 172 g/mol. The van der Waals surface area contributed by atoms with Gasteiger partial charge in [-0.3, -0.25) is 0 Å². The summed E-state index contributed by atoms with van der Waals surface area (Å²) in [5, 5.41) is 3.45. The third-order valence-corrected chi connectivity index (χ3v) is 3.03. The summed E-state index contributed by atoms with van der Waals surface area (Å²) in [5.41, 5.74) is 5.41. The van der Waals surface area contributed by atoms with Crippen LogP contribution in [0.5, 0.6) is 0 Å². The topological polar surface area (TPSA) is 15.3 Å². The first-order valence-corrected chi connectivity index (χ1v) is 5.32. The number of nitrogens with zero attached hydrogens (tertiary/aromatic N) is 1. The summed E-state index contributed by atoms with van der Waals surface area (Å²) in [4.78, 5) is 2.43. The molecule has 1 heterocycles. The maximum atomic E-state index is 3.45. The molecule has 0 atom stereocenters. The van der Waals surface area contributed by atoms with Crippen LogP contribution in [0.4, 0.5) is 11.4 Å². The SMILES string of the molecule is CCN1CCNc2cc(C)c(C)cc21. The molecule has 1 aliphatic rings. The van der Waals surface area contributed by atoms with E-state index >= 15 is 0 Å². The minimum Gasteiger partial charge on any atom is -0.382 e. The quantitative estimate of drug-likeness (QED) is 0.732. The lowest BCUT2D eigenvalue weighted by Gasteiger charge is -2.31. The van der Waals surface area contributed by atoms with E-state index < -0.39 is 0 Å². The summed E-state index contributed by atoms with van der Waals surface area (Å²) >= 11 is 0. The molecule has 2 rings (SSSR count). The third-order valence-electron chi connectivity index (χ3n) is 3.03. The Bertz CT molecular complexity index is 344. The fourth-order valence-corrected chi connectivity index (χ4v) is 1.98. The highest BCUT2D eigenvalue weighted by atomic mass is 15.2. The van der Waals surface area contributed by atoms with Gasteiger partial charge in [0.05, 0.1) is 11.4 Å². The van der Waals surface area contributed by atoms with Gasteiger partial charge < -0.3 is 10.2 Å². The molecule has 0 radical (unpaired) electrons. The predicted octanol–water partition coefficient (Wildman–Crippen LogP) is 2.56. The number of likely N-dealkylation sites (N-methyl/N-ethyl adjacent to an activating group) is 1. The monoisotopic (exact) mass is 190 g/mol. The van der Waals surface area contributed by atoms with Crippen molar-refractivity contribution >= 4 is 11.4 Å². The molecule has 0 bridgehead atoms. The van der Waals surface area contributed by atoms with Gasteiger partial charge in [0.1, 0.15) is 0 Å². The summed E-state index contributed by atoms with van der Waals surface area (Å²) in [5.74, 6) is 0. The molecule has 1 aliphatic heterocycles. The maximum absolute atomic E-state index is 3.45. The van der Waals surface area contributed by atoms with E-state index in [1.54, 1.807) is 0 Å². The highest BCUT2D eigenvalue weighted by Crippen LogP contribution is 2.31. The molecule has 76 valence electrons. The summed E-state index contributed by atoms with van der Waals surface area (Å²) in [7, 11) is 0. The van der Waals surface area contributed by atoms with Crippen LogP contribution in [0.2, 0.25) is 0 Å². The average Bonchev–Trinajstić information content (AvgIpc) is 2.19. The standard InChI is InChI=1S/C12H18N2/c1-4-14-6-5-13-11-7-9(2)10(3)8-12(11)14/h7-8,13H,4-6H2,1-3H3. The van der Waals surface area contributed by atoms with Crippen LogP contribution in [0.3, 0.4) is 0 Å². The molecule has 0 saturated heterocycles. The molecule has 1 N–H and O–H groups in total. The van der Waals surface area contributed by atoms with Crippen LogP contribution in [0.25, 0.3) is 0 Å². The van der Waals surface area contributed by atoms with E-state index in [9.17, 15) is 0 Å². The number of nitrogens with one attached hydrogen (secondary N) is 1. The van der Waals surface area contributed by atoms with Gasteiger partial charge in [-0.15, -0.1) is 0 Å². The first kappa shape index (κ1) is 9.38. The molecule has 0 amide bonds. The summed E-state index contributed by atoms with van der Waals surface area (Å²) in [6, 6.07) is 4.55. The van der Waals surface area contributed by atoms with Gasteiger partial charge in [0, 0.05) is 19.6 Å². The van der Waals surface area contributed by atoms with Crippen LogP contribution in [0.15, 0.2) is 12.1 Å². The minimum atomic E-state index is 1.06. The minimum absolute atomic E-state index is 1.06. The maximum Gasteiger partial charge on any atom is 0.0605 e. The molecule has 0 spiro atoms. The van der Waals surface area contributed by atoms with E-state index in [2.05, 4.69) is 43.1 Å². The van der Waals surface area contributed by atoms with Gasteiger partial charge in [-0.25, -0.2) is 0 Å². The Kier molecular flexibility index (Phi) is 2.36. The van der Waals surface area contributed by atoms with Gasteiger partial charge in [0.2, 0.25) is 0 Å². The fourth-order valence-electron chi connectivity index (χ4n) is 1.98. The van der Waals surface area contributed by atoms with E-state index in [0.29, 0.717) is 0 Å². The molecule has 1 aromatic carbocycles. The van der Waals surface area contributed by atoms with Crippen molar-refractivity contribution in [3.63, 3.8) is 0 Å². The van der Waals surface area contributed by atoms with Crippen LogP contribution < -0.4 is 10.2 Å². The lowest BCUT2D eigenvalue weighted by Crippen LogP contribution is -2.33. The molecule has 0 aromatic heterocycles. The van der Waals surface area contributed by atoms with E-state index in [1.807, 2.05) is 0 Å². The Hall–Kier alpha value is -1.18. The van der Waals surface area contributed by atoms with Crippen molar-refractivity contribution in [2.75, 3.05) is 29.9 Å². The summed E-state index contributed by atoms with van der Waals surface area (Å²) < 4.78 is 0. The van der Waals surface area contributed by atoms with Crippen LogP contribution in [-0.2, 0) is 0 Å². The van der Waals surface area contributed by atoms with Crippen LogP contribution in [0.1, 0.15) is 18.1 Å². The van der Waals surface area contributed by atoms with Gasteiger partial charge in [-0.05, 0) is 44.0 Å². The van der Waals surface area contributed by atoms with Crippen molar-refractivity contribution < 1.29 is 0 Å². The molecule has 14 heavy (non-hydrogen) atoms. The number of benzene rings is 1. The van der Waals surface area contributed by atoms with Crippen LogP contribution in [0, 0.1) is 13.8 Å². The Morgan fingerprint density at radius 3 is 2.71 bits per heavy atom. The fraction of sp³-hybridized carbons (Fsp3) is 0.500. The normalized spacial score (nSPS) is 14.9. The van der Waals surface area contributed by atoms with E-state index in [-0.39, 0.29) is 0 Å². The van der Waals surface area contributed by atoms with Crippen molar-refractivity contribution in [1.29, 1.82) is 0 Å². The van der Waals surface area contributed by atoms with E-state index in [1.165, 1.54) is 22.5 Å². The third kappa shape index (κ3) is 1.45. The smallest absolute Gasteiger partial charge is 0.0605 e. The zero-order valence-electron chi connectivity index (χ0n) is 9.22. The van der Waals surface area contributed by atoms with Gasteiger partial charge in [0.25, 0.3) is 0 Å². The average molecular weight is 190 g/mol. The molecule has 0 aliphatic carbocycles. The second kappa shape index (κ2) is 3.52. The lowest BCUT2D eigenvalue weighted by atomic mass is 10.1. The number of fused-ring (bicyclic) bond motifs is 1. The molecule has 0 saturated carbocycles. The number of aryl methyl sites for hydroxylation is 2. The Morgan fingerprint density at radius 2 is 2.00 bits per heavy atom. The first-order valence-electron chi connectivity index (χ1n) is 5.32. The molecule has 0 unspecified atom stereocenters. The Balaban J connectivity index is 2.47. The van der Waals surface area contributed by atoms with Gasteiger partial charge in [0.15, 0.2) is 0 Å². The molecule has 2 nitrogen and oxygen atoms in total. The van der Waals surface area contributed by atoms with Crippen LogP contribution in [-0.4, -0.2) is 19.6 Å². The van der Waals surface area contributed by atoms with Crippen molar-refractivity contribution in [2.45, 2.75) is 20.8 Å². The Morgan fingerprint density at radius 1 is 1.29 bits per heavy atom. The Labute approximate surface area is 85.9 Å². The number of hydrogen-bond donors (Lipinski definition) is 1. The summed E-state index contributed by atoms with van der Waals surface area (Å²) in [6.07, 6.45) is 0. The van der Waals surface area contributed by atoms with Crippen molar-refractivity contribution in [3.8, 4) is 0 Å². The number of hydrogen-bond acceptors (Lipinski definition) is 2. The second-order valence-corrected chi connectivity index (χ2v) is 3.96. The first-order chi connectivity index (χ1) is 6.72. The molecule has 1 aromatic rings. The van der Waals surface area contributed by atoms with Gasteiger partial charge in [-0.1, -0.05) is 0 Å². The van der Waals surface area contributed by atoms with Crippen molar-refractivity contribution in [1.82, 2.24) is 0 Å². The largest absolute Gasteiger partial charge is 0.382 e. The lowest BCUT2D eigenvalue weighted by molar-refractivity contribution is 0.813. The zero-order valence-corrected chi connectivity index (χ0v) is 9.22. The molecule has 2 heteroatoms. The zero-order chi connectivity index (χ0) is 10.1. The van der Waals surface area contributed by atoms with E-state index in [4.69, 9.17) is 0 Å². The van der Waals surface area contributed by atoms with Gasteiger partial charge in [-0.2, -0.15) is 0 Å².